The van der Waals surface area contributed by atoms with E-state index in [1.165, 1.54) is 0 Å². The zero-order valence-corrected chi connectivity index (χ0v) is 12.7. The maximum atomic E-state index is 5.79. The summed E-state index contributed by atoms with van der Waals surface area (Å²) >= 11 is 3.60. The fourth-order valence-electron chi connectivity index (χ4n) is 2.27. The minimum atomic E-state index is 0.121. The number of methoxy groups -OCH3 is 1. The number of hydrogen-bond donors (Lipinski definition) is 1. The molecule has 0 aliphatic carbocycles. The minimum absolute atomic E-state index is 0.121. The molecule has 0 bridgehead atoms. The predicted octanol–water partition coefficient (Wildman–Crippen LogP) is 2.29. The van der Waals surface area contributed by atoms with Gasteiger partial charge in [0, 0.05) is 22.0 Å². The molecule has 0 saturated heterocycles. The van der Waals surface area contributed by atoms with Crippen LogP contribution in [0.1, 0.15) is 18.4 Å². The highest BCUT2D eigenvalue weighted by Crippen LogP contribution is 2.46. The maximum absolute atomic E-state index is 5.79. The lowest BCUT2D eigenvalue weighted by Gasteiger charge is -2.11. The van der Waals surface area contributed by atoms with Crippen molar-refractivity contribution in [1.29, 1.82) is 0 Å². The molecule has 0 saturated carbocycles. The van der Waals surface area contributed by atoms with Crippen LogP contribution in [0.3, 0.4) is 0 Å². The van der Waals surface area contributed by atoms with E-state index in [9.17, 15) is 0 Å². The summed E-state index contributed by atoms with van der Waals surface area (Å²) in [5.41, 5.74) is 7.36. The monoisotopic (exact) mass is 339 g/mol. The molecule has 7 heteroatoms. The molecule has 1 atom stereocenters. The van der Waals surface area contributed by atoms with E-state index in [2.05, 4.69) is 26.1 Å². The molecule has 2 heterocycles. The zero-order chi connectivity index (χ0) is 14.3. The molecular weight excluding hydrogens is 326 g/mol. The van der Waals surface area contributed by atoms with Crippen molar-refractivity contribution in [3.8, 4) is 22.9 Å². The summed E-state index contributed by atoms with van der Waals surface area (Å²) in [5.74, 6) is 2.33. The van der Waals surface area contributed by atoms with Crippen LogP contribution in [0, 0.1) is 0 Å². The highest BCUT2D eigenvalue weighted by Gasteiger charge is 2.29. The van der Waals surface area contributed by atoms with Crippen LogP contribution in [0.25, 0.3) is 11.4 Å². The summed E-state index contributed by atoms with van der Waals surface area (Å²) in [6, 6.07) is 1.84. The van der Waals surface area contributed by atoms with Crippen LogP contribution in [0.5, 0.6) is 11.5 Å². The van der Waals surface area contributed by atoms with Crippen molar-refractivity contribution >= 4 is 15.9 Å². The number of nitrogens with two attached hydrogens (primary N) is 1. The molecule has 0 fully saturated rings. The lowest BCUT2D eigenvalue weighted by molar-refractivity contribution is 0.243. The van der Waals surface area contributed by atoms with Crippen molar-refractivity contribution < 1.29 is 14.0 Å². The third-order valence-electron chi connectivity index (χ3n) is 3.19. The Morgan fingerprint density at radius 3 is 3.00 bits per heavy atom. The highest BCUT2D eigenvalue weighted by atomic mass is 79.9. The third kappa shape index (κ3) is 2.06. The first kappa shape index (κ1) is 13.4. The summed E-state index contributed by atoms with van der Waals surface area (Å²) in [4.78, 5) is 4.25. The minimum Gasteiger partial charge on any atom is -0.493 e. The molecule has 0 spiro atoms. The third-order valence-corrected chi connectivity index (χ3v) is 4.09. The van der Waals surface area contributed by atoms with Crippen LogP contribution >= 0.6 is 15.9 Å². The largest absolute Gasteiger partial charge is 0.493 e. The van der Waals surface area contributed by atoms with Crippen molar-refractivity contribution in [1.82, 2.24) is 10.1 Å². The highest BCUT2D eigenvalue weighted by molar-refractivity contribution is 9.10. The van der Waals surface area contributed by atoms with Gasteiger partial charge in [-0.25, -0.2) is 0 Å². The molecule has 2 aromatic rings. The van der Waals surface area contributed by atoms with Gasteiger partial charge in [-0.3, -0.25) is 0 Å². The number of halogens is 1. The van der Waals surface area contributed by atoms with E-state index in [1.54, 1.807) is 7.11 Å². The van der Waals surface area contributed by atoms with Gasteiger partial charge in [0.1, 0.15) is 6.10 Å². The van der Waals surface area contributed by atoms with E-state index in [0.29, 0.717) is 17.5 Å². The molecule has 0 amide bonds. The predicted molar refractivity (Wildman–Crippen MR) is 75.7 cm³/mol. The van der Waals surface area contributed by atoms with Crippen molar-refractivity contribution in [3.05, 3.63) is 22.0 Å². The second kappa shape index (κ2) is 5.06. The Balaban J connectivity index is 2.15. The summed E-state index contributed by atoms with van der Waals surface area (Å²) in [7, 11) is 1.61. The zero-order valence-electron chi connectivity index (χ0n) is 11.1. The number of hydrogen-bond acceptors (Lipinski definition) is 6. The van der Waals surface area contributed by atoms with Crippen molar-refractivity contribution in [3.63, 3.8) is 0 Å². The molecule has 106 valence electrons. The van der Waals surface area contributed by atoms with Gasteiger partial charge in [-0.1, -0.05) is 5.16 Å². The molecule has 0 radical (unpaired) electrons. The van der Waals surface area contributed by atoms with E-state index in [4.69, 9.17) is 19.7 Å². The number of aromatic nitrogens is 2. The molecule has 1 aromatic carbocycles. The fraction of sp³-hybridized carbons (Fsp3) is 0.385. The van der Waals surface area contributed by atoms with Crippen LogP contribution in [-0.2, 0) is 13.0 Å². The number of rotatable bonds is 3. The number of ether oxygens (including phenoxy) is 2. The van der Waals surface area contributed by atoms with Crippen molar-refractivity contribution in [2.24, 2.45) is 5.73 Å². The van der Waals surface area contributed by atoms with Crippen LogP contribution in [0.15, 0.2) is 15.1 Å². The first-order valence-corrected chi connectivity index (χ1v) is 7.02. The number of nitrogens with zero attached hydrogens (tertiary/aromatic N) is 2. The Bertz CT molecular complexity index is 657. The molecule has 3 rings (SSSR count). The van der Waals surface area contributed by atoms with Gasteiger partial charge in [0.25, 0.3) is 0 Å². The topological polar surface area (TPSA) is 83.4 Å². The van der Waals surface area contributed by atoms with Crippen molar-refractivity contribution in [2.45, 2.75) is 26.0 Å². The first-order valence-electron chi connectivity index (χ1n) is 6.23. The van der Waals surface area contributed by atoms with Crippen LogP contribution in [0.4, 0.5) is 0 Å². The van der Waals surface area contributed by atoms with Gasteiger partial charge >= 0.3 is 0 Å². The lowest BCUT2D eigenvalue weighted by Crippen LogP contribution is -2.05. The fourth-order valence-corrected chi connectivity index (χ4v) is 2.91. The number of fused-ring (bicyclic) bond motifs is 1. The maximum Gasteiger partial charge on any atom is 0.240 e. The average Bonchev–Trinajstić information content (AvgIpc) is 3.05. The smallest absolute Gasteiger partial charge is 0.240 e. The molecule has 1 aliphatic rings. The Morgan fingerprint density at radius 1 is 1.55 bits per heavy atom. The SMILES string of the molecule is COc1cc(-c2noc(CN)n2)c(Br)c2c1OC(C)C2. The second-order valence-corrected chi connectivity index (χ2v) is 5.39. The Hall–Kier alpha value is -1.60. The summed E-state index contributed by atoms with van der Waals surface area (Å²) in [6.45, 7) is 2.24. The van der Waals surface area contributed by atoms with Gasteiger partial charge in [0.2, 0.25) is 11.7 Å². The van der Waals surface area contributed by atoms with Gasteiger partial charge in [0.05, 0.1) is 13.7 Å². The van der Waals surface area contributed by atoms with Gasteiger partial charge in [-0.15, -0.1) is 0 Å². The molecule has 2 N–H and O–H groups in total. The van der Waals surface area contributed by atoms with Crippen molar-refractivity contribution in [2.75, 3.05) is 7.11 Å². The first-order chi connectivity index (χ1) is 9.63. The van der Waals surface area contributed by atoms with Gasteiger partial charge in [0.15, 0.2) is 11.5 Å². The number of benzene rings is 1. The standard InChI is InChI=1S/C13H14BrN3O3/c1-6-3-7-11(14)8(4-9(18-2)12(7)19-6)13-16-10(5-15)20-17-13/h4,6H,3,5,15H2,1-2H3. The summed E-state index contributed by atoms with van der Waals surface area (Å²) in [6.07, 6.45) is 0.928. The summed E-state index contributed by atoms with van der Waals surface area (Å²) in [5, 5.41) is 3.95. The van der Waals surface area contributed by atoms with E-state index in [0.717, 1.165) is 27.8 Å². The molecular formula is C13H14BrN3O3. The molecule has 20 heavy (non-hydrogen) atoms. The van der Waals surface area contributed by atoms with E-state index in [-0.39, 0.29) is 12.6 Å². The Kier molecular flexibility index (Phi) is 3.39. The van der Waals surface area contributed by atoms with Gasteiger partial charge in [-0.05, 0) is 28.9 Å². The van der Waals surface area contributed by atoms with E-state index >= 15 is 0 Å². The van der Waals surface area contributed by atoms with E-state index < -0.39 is 0 Å². The molecule has 1 aliphatic heterocycles. The van der Waals surface area contributed by atoms with Crippen LogP contribution in [0.2, 0.25) is 0 Å². The molecule has 1 unspecified atom stereocenters. The molecule has 1 aromatic heterocycles. The summed E-state index contributed by atoms with van der Waals surface area (Å²) < 4.78 is 17.1. The molecule has 6 nitrogen and oxygen atoms in total. The average molecular weight is 340 g/mol. The second-order valence-electron chi connectivity index (χ2n) is 4.60. The Morgan fingerprint density at radius 2 is 2.35 bits per heavy atom. The Labute approximate surface area is 124 Å². The van der Waals surface area contributed by atoms with Gasteiger partial charge in [-0.2, -0.15) is 4.98 Å². The normalized spacial score (nSPS) is 16.9. The van der Waals surface area contributed by atoms with Gasteiger partial charge < -0.3 is 19.7 Å². The van der Waals surface area contributed by atoms with E-state index in [1.807, 2.05) is 13.0 Å². The quantitative estimate of drug-likeness (QED) is 0.923. The van der Waals surface area contributed by atoms with Crippen LogP contribution < -0.4 is 15.2 Å². The lowest BCUT2D eigenvalue weighted by atomic mass is 10.1. The van der Waals surface area contributed by atoms with Crippen LogP contribution in [-0.4, -0.2) is 23.4 Å².